The maximum absolute atomic E-state index is 12.6. The van der Waals surface area contributed by atoms with Crippen molar-refractivity contribution in [1.29, 1.82) is 0 Å². The first-order chi connectivity index (χ1) is 12.2. The van der Waals surface area contributed by atoms with E-state index in [1.54, 1.807) is 19.1 Å². The fraction of sp³-hybridized carbons (Fsp3) is 0.235. The number of nitrogens with two attached hydrogens (primary N) is 1. The fourth-order valence-corrected chi connectivity index (χ4v) is 2.74. The zero-order valence-corrected chi connectivity index (χ0v) is 14.0. The number of nitrogens with one attached hydrogen (secondary N) is 1. The number of rotatable bonds is 3. The molecule has 6 nitrogen and oxygen atoms in total. The predicted octanol–water partition coefficient (Wildman–Crippen LogP) is 3.57. The van der Waals surface area contributed by atoms with Crippen molar-refractivity contribution in [3.8, 4) is 17.0 Å². The van der Waals surface area contributed by atoms with Gasteiger partial charge in [0, 0.05) is 16.5 Å². The van der Waals surface area contributed by atoms with E-state index in [1.165, 1.54) is 12.4 Å². The van der Waals surface area contributed by atoms with Gasteiger partial charge >= 0.3 is 6.18 Å². The quantitative estimate of drug-likeness (QED) is 0.658. The number of phenolic OH excluding ortho intramolecular Hbond substituents is 1. The van der Waals surface area contributed by atoms with Gasteiger partial charge in [-0.15, -0.1) is 0 Å². The van der Waals surface area contributed by atoms with Crippen molar-refractivity contribution in [2.24, 2.45) is 0 Å². The molecule has 0 aliphatic carbocycles. The number of anilines is 2. The first kappa shape index (κ1) is 17.7. The van der Waals surface area contributed by atoms with Crippen LogP contribution in [0.2, 0.25) is 0 Å². The Morgan fingerprint density at radius 3 is 2.62 bits per heavy atom. The minimum atomic E-state index is -4.40. The van der Waals surface area contributed by atoms with Gasteiger partial charge in [-0.1, -0.05) is 6.07 Å². The molecule has 1 aromatic carbocycles. The molecule has 0 bridgehead atoms. The van der Waals surface area contributed by atoms with E-state index >= 15 is 0 Å². The summed E-state index contributed by atoms with van der Waals surface area (Å²) in [6.07, 6.45) is -3.13. The van der Waals surface area contributed by atoms with Crippen LogP contribution in [0.25, 0.3) is 22.2 Å². The van der Waals surface area contributed by atoms with E-state index in [-0.39, 0.29) is 17.4 Å². The average molecular weight is 363 g/mol. The number of hydrogen-bond donors (Lipinski definition) is 3. The summed E-state index contributed by atoms with van der Waals surface area (Å²) in [6, 6.07) is 4.63. The Morgan fingerprint density at radius 2 is 1.92 bits per heavy atom. The number of halogens is 3. The molecule has 0 fully saturated rings. The van der Waals surface area contributed by atoms with Gasteiger partial charge in [0.2, 0.25) is 0 Å². The van der Waals surface area contributed by atoms with Crippen LogP contribution in [-0.4, -0.2) is 32.8 Å². The topological polar surface area (TPSA) is 97.0 Å². The molecule has 0 spiro atoms. The molecule has 0 saturated carbocycles. The Labute approximate surface area is 146 Å². The molecule has 136 valence electrons. The number of phenols is 1. The van der Waals surface area contributed by atoms with Gasteiger partial charge in [0.05, 0.1) is 5.69 Å². The Bertz CT molecular complexity index is 988. The van der Waals surface area contributed by atoms with Gasteiger partial charge < -0.3 is 16.2 Å². The van der Waals surface area contributed by atoms with Crippen LogP contribution in [0.1, 0.15) is 11.1 Å². The lowest BCUT2D eigenvalue weighted by Crippen LogP contribution is -2.22. The largest absolute Gasteiger partial charge is 0.508 e. The Morgan fingerprint density at radius 1 is 1.19 bits per heavy atom. The third kappa shape index (κ3) is 3.32. The standard InChI is InChI=1S/C17H16F3N5O/c1-8-3-4-11(26)9(2)13(8)15-14-10(16(21)24-7-23-14)5-12(25-15)22-6-17(18,19)20/h3-5,7,26H,6H2,1-2H3,(H,22,25)(H2,21,23,24). The van der Waals surface area contributed by atoms with Crippen LogP contribution in [-0.2, 0) is 0 Å². The molecule has 3 aromatic rings. The molecule has 2 heterocycles. The van der Waals surface area contributed by atoms with E-state index in [0.717, 1.165) is 5.56 Å². The monoisotopic (exact) mass is 363 g/mol. The summed E-state index contributed by atoms with van der Waals surface area (Å²) in [6.45, 7) is 2.28. The SMILES string of the molecule is Cc1ccc(O)c(C)c1-c1nc(NCC(F)(F)F)cc2c(N)ncnc12. The third-order valence-electron chi connectivity index (χ3n) is 4.00. The second-order valence-electron chi connectivity index (χ2n) is 5.88. The maximum Gasteiger partial charge on any atom is 0.405 e. The number of aromatic nitrogens is 3. The Kier molecular flexibility index (Phi) is 4.31. The van der Waals surface area contributed by atoms with Crippen molar-refractivity contribution in [2.45, 2.75) is 20.0 Å². The van der Waals surface area contributed by atoms with Crippen molar-refractivity contribution in [2.75, 3.05) is 17.6 Å². The van der Waals surface area contributed by atoms with Crippen LogP contribution in [0.5, 0.6) is 5.75 Å². The molecule has 0 saturated heterocycles. The number of aromatic hydroxyl groups is 1. The lowest BCUT2D eigenvalue weighted by molar-refractivity contribution is -0.115. The van der Waals surface area contributed by atoms with Gasteiger partial charge in [-0.2, -0.15) is 13.2 Å². The van der Waals surface area contributed by atoms with Crippen molar-refractivity contribution >= 4 is 22.5 Å². The Balaban J connectivity index is 2.27. The summed E-state index contributed by atoms with van der Waals surface area (Å²) in [4.78, 5) is 12.4. The number of pyridine rings is 1. The number of hydrogen-bond acceptors (Lipinski definition) is 6. The summed E-state index contributed by atoms with van der Waals surface area (Å²) >= 11 is 0. The molecule has 0 aliphatic heterocycles. The lowest BCUT2D eigenvalue weighted by atomic mass is 9.97. The number of fused-ring (bicyclic) bond motifs is 1. The van der Waals surface area contributed by atoms with Crippen molar-refractivity contribution in [3.05, 3.63) is 35.7 Å². The maximum atomic E-state index is 12.6. The molecule has 0 atom stereocenters. The molecular weight excluding hydrogens is 347 g/mol. The van der Waals surface area contributed by atoms with Gasteiger partial charge in [0.15, 0.2) is 0 Å². The first-order valence-electron chi connectivity index (χ1n) is 7.69. The molecule has 9 heteroatoms. The van der Waals surface area contributed by atoms with E-state index < -0.39 is 12.7 Å². The number of alkyl halides is 3. The first-order valence-corrected chi connectivity index (χ1v) is 7.69. The summed E-state index contributed by atoms with van der Waals surface area (Å²) in [5, 5.41) is 12.7. The second-order valence-corrected chi connectivity index (χ2v) is 5.88. The molecule has 4 N–H and O–H groups in total. The zero-order chi connectivity index (χ0) is 19.1. The molecule has 0 aliphatic rings. The summed E-state index contributed by atoms with van der Waals surface area (Å²) in [5.74, 6) is 0.175. The van der Waals surface area contributed by atoms with Crippen LogP contribution in [0.15, 0.2) is 24.5 Å². The fourth-order valence-electron chi connectivity index (χ4n) is 2.74. The molecule has 2 aromatic heterocycles. The van der Waals surface area contributed by atoms with Crippen LogP contribution in [0, 0.1) is 13.8 Å². The average Bonchev–Trinajstić information content (AvgIpc) is 2.57. The summed E-state index contributed by atoms with van der Waals surface area (Å²) in [7, 11) is 0. The van der Waals surface area contributed by atoms with Gasteiger partial charge in [-0.05, 0) is 31.5 Å². The highest BCUT2D eigenvalue weighted by atomic mass is 19.4. The van der Waals surface area contributed by atoms with Crippen molar-refractivity contribution in [1.82, 2.24) is 15.0 Å². The van der Waals surface area contributed by atoms with Crippen LogP contribution in [0.3, 0.4) is 0 Å². The highest BCUT2D eigenvalue weighted by Crippen LogP contribution is 2.36. The highest BCUT2D eigenvalue weighted by Gasteiger charge is 2.27. The van der Waals surface area contributed by atoms with E-state index in [1.807, 2.05) is 6.92 Å². The summed E-state index contributed by atoms with van der Waals surface area (Å²) in [5.41, 5.74) is 8.53. The molecule has 0 amide bonds. The molecule has 26 heavy (non-hydrogen) atoms. The number of benzene rings is 1. The van der Waals surface area contributed by atoms with E-state index in [4.69, 9.17) is 5.73 Å². The Hall–Kier alpha value is -3.10. The predicted molar refractivity (Wildman–Crippen MR) is 92.9 cm³/mol. The second kappa shape index (κ2) is 6.32. The zero-order valence-electron chi connectivity index (χ0n) is 14.0. The minimum absolute atomic E-state index is 0.00605. The normalized spacial score (nSPS) is 11.7. The van der Waals surface area contributed by atoms with Crippen LogP contribution < -0.4 is 11.1 Å². The van der Waals surface area contributed by atoms with Crippen LogP contribution in [0.4, 0.5) is 24.8 Å². The van der Waals surface area contributed by atoms with Crippen molar-refractivity contribution < 1.29 is 18.3 Å². The number of nitrogen functional groups attached to an aromatic ring is 1. The molecule has 3 rings (SSSR count). The lowest BCUT2D eigenvalue weighted by Gasteiger charge is -2.16. The molecule has 0 unspecified atom stereocenters. The van der Waals surface area contributed by atoms with E-state index in [0.29, 0.717) is 27.7 Å². The van der Waals surface area contributed by atoms with Gasteiger partial charge in [0.1, 0.15) is 35.8 Å². The van der Waals surface area contributed by atoms with Crippen LogP contribution >= 0.6 is 0 Å². The minimum Gasteiger partial charge on any atom is -0.508 e. The van der Waals surface area contributed by atoms with Gasteiger partial charge in [0.25, 0.3) is 0 Å². The van der Waals surface area contributed by atoms with E-state index in [9.17, 15) is 18.3 Å². The van der Waals surface area contributed by atoms with E-state index in [2.05, 4.69) is 20.3 Å². The molecular formula is C17H16F3N5O. The molecule has 0 radical (unpaired) electrons. The van der Waals surface area contributed by atoms with Gasteiger partial charge in [-0.25, -0.2) is 15.0 Å². The van der Waals surface area contributed by atoms with Crippen molar-refractivity contribution in [3.63, 3.8) is 0 Å². The number of aryl methyl sites for hydroxylation is 1. The third-order valence-corrected chi connectivity index (χ3v) is 4.00. The van der Waals surface area contributed by atoms with Gasteiger partial charge in [-0.3, -0.25) is 0 Å². The smallest absolute Gasteiger partial charge is 0.405 e. The highest BCUT2D eigenvalue weighted by molar-refractivity contribution is 5.99. The number of nitrogens with zero attached hydrogens (tertiary/aromatic N) is 3. The summed E-state index contributed by atoms with van der Waals surface area (Å²) < 4.78 is 37.7.